The summed E-state index contributed by atoms with van der Waals surface area (Å²) in [6.07, 6.45) is 5.71. The number of aromatic nitrogens is 6. The Morgan fingerprint density at radius 2 is 2.10 bits per heavy atom. The lowest BCUT2D eigenvalue weighted by Gasteiger charge is -2.17. The second kappa shape index (κ2) is 5.60. The average Bonchev–Trinajstić information content (AvgIpc) is 3.47. The van der Waals surface area contributed by atoms with Crippen LogP contribution >= 0.6 is 0 Å². The molecule has 0 spiro atoms. The molecular weight excluding hydrogens is 366 g/mol. The van der Waals surface area contributed by atoms with Crippen LogP contribution in [0.25, 0.3) is 28.3 Å². The summed E-state index contributed by atoms with van der Waals surface area (Å²) >= 11 is 0. The van der Waals surface area contributed by atoms with Crippen molar-refractivity contribution in [3.05, 3.63) is 66.5 Å². The largest absolute Gasteiger partial charge is 0.363 e. The summed E-state index contributed by atoms with van der Waals surface area (Å²) in [5.41, 5.74) is 10.8. The molecule has 4 aromatic heterocycles. The van der Waals surface area contributed by atoms with E-state index in [9.17, 15) is 4.79 Å². The van der Waals surface area contributed by atoms with E-state index in [1.54, 1.807) is 16.8 Å². The molecule has 29 heavy (non-hydrogen) atoms. The summed E-state index contributed by atoms with van der Waals surface area (Å²) in [5, 5.41) is 8.03. The normalized spacial score (nSPS) is 19.8. The number of nitrogens with zero attached hydrogens (tertiary/aromatic N) is 6. The highest BCUT2D eigenvalue weighted by Gasteiger charge is 2.44. The van der Waals surface area contributed by atoms with E-state index in [0.717, 1.165) is 41.3 Å². The summed E-state index contributed by atoms with van der Waals surface area (Å²) < 4.78 is 3.90. The molecule has 5 heterocycles. The van der Waals surface area contributed by atoms with Crippen molar-refractivity contribution in [3.63, 3.8) is 0 Å². The summed E-state index contributed by atoms with van der Waals surface area (Å²) in [6, 6.07) is 9.93. The minimum Gasteiger partial charge on any atom is -0.363 e. The number of carbonyl (C=O) groups is 1. The lowest BCUT2D eigenvalue weighted by molar-refractivity contribution is 0.0989. The second-order valence-corrected chi connectivity index (χ2v) is 7.50. The van der Waals surface area contributed by atoms with Crippen LogP contribution in [0.4, 0.5) is 0 Å². The van der Waals surface area contributed by atoms with Crippen LogP contribution in [0.2, 0.25) is 0 Å². The summed E-state index contributed by atoms with van der Waals surface area (Å²) in [6.45, 7) is 4.32. The molecule has 1 aliphatic heterocycles. The van der Waals surface area contributed by atoms with Crippen molar-refractivity contribution in [2.75, 3.05) is 0 Å². The average molecular weight is 383 g/mol. The van der Waals surface area contributed by atoms with Crippen molar-refractivity contribution in [1.29, 1.82) is 0 Å². The van der Waals surface area contributed by atoms with Gasteiger partial charge in [0.1, 0.15) is 11.5 Å². The molecule has 0 saturated heterocycles. The van der Waals surface area contributed by atoms with E-state index in [-0.39, 0.29) is 11.9 Å². The first-order chi connectivity index (χ1) is 14.1. The van der Waals surface area contributed by atoms with Gasteiger partial charge in [-0.15, -0.1) is 10.2 Å². The zero-order valence-corrected chi connectivity index (χ0v) is 15.5. The maximum Gasteiger partial charge on any atom is 0.287 e. The van der Waals surface area contributed by atoms with Crippen molar-refractivity contribution < 1.29 is 4.79 Å². The number of fused-ring (bicyclic) bond motifs is 6. The van der Waals surface area contributed by atoms with Crippen LogP contribution in [-0.4, -0.2) is 35.0 Å². The minimum absolute atomic E-state index is 0.113. The van der Waals surface area contributed by atoms with Crippen molar-refractivity contribution in [1.82, 2.24) is 29.1 Å². The van der Waals surface area contributed by atoms with Crippen molar-refractivity contribution >= 4 is 11.6 Å². The fourth-order valence-electron chi connectivity index (χ4n) is 4.69. The van der Waals surface area contributed by atoms with E-state index in [4.69, 9.17) is 10.7 Å². The third-order valence-corrected chi connectivity index (χ3v) is 5.98. The van der Waals surface area contributed by atoms with Crippen LogP contribution in [0, 0.1) is 0 Å². The van der Waals surface area contributed by atoms with E-state index in [1.165, 1.54) is 5.57 Å². The molecule has 0 unspecified atom stereocenters. The van der Waals surface area contributed by atoms with Crippen molar-refractivity contribution in [2.45, 2.75) is 24.8 Å². The van der Waals surface area contributed by atoms with Gasteiger partial charge in [-0.05, 0) is 42.7 Å². The van der Waals surface area contributed by atoms with Gasteiger partial charge in [-0.2, -0.15) is 0 Å². The van der Waals surface area contributed by atoms with Gasteiger partial charge in [0, 0.05) is 23.9 Å². The Balaban J connectivity index is 1.61. The molecule has 2 aliphatic rings. The van der Waals surface area contributed by atoms with Gasteiger partial charge in [-0.25, -0.2) is 4.98 Å². The molecule has 2 N–H and O–H groups in total. The molecule has 1 saturated carbocycles. The minimum atomic E-state index is -0.613. The first-order valence-corrected chi connectivity index (χ1v) is 9.50. The molecule has 142 valence electrons. The summed E-state index contributed by atoms with van der Waals surface area (Å²) in [5.74, 6) is 0.858. The van der Waals surface area contributed by atoms with Gasteiger partial charge in [-0.1, -0.05) is 12.6 Å². The van der Waals surface area contributed by atoms with Crippen LogP contribution in [0.5, 0.6) is 0 Å². The van der Waals surface area contributed by atoms with Crippen molar-refractivity contribution in [3.8, 4) is 22.6 Å². The van der Waals surface area contributed by atoms with Crippen LogP contribution in [0.3, 0.4) is 0 Å². The first-order valence-electron chi connectivity index (χ1n) is 9.50. The Labute approximate surface area is 165 Å². The molecule has 0 radical (unpaired) electrons. The van der Waals surface area contributed by atoms with Gasteiger partial charge >= 0.3 is 0 Å². The molecule has 2 atom stereocenters. The quantitative estimate of drug-likeness (QED) is 0.548. The molecule has 4 aromatic rings. The number of nitrogens with two attached hydrogens (primary N) is 1. The number of carbonyl (C=O) groups excluding carboxylic acids is 1. The lowest BCUT2D eigenvalue weighted by atomic mass is 10.1. The van der Waals surface area contributed by atoms with Crippen LogP contribution < -0.4 is 5.73 Å². The topological polar surface area (TPSA) is 104 Å². The second-order valence-electron chi connectivity index (χ2n) is 7.50. The van der Waals surface area contributed by atoms with Crippen molar-refractivity contribution in [2.24, 2.45) is 5.73 Å². The Kier molecular flexibility index (Phi) is 3.12. The zero-order valence-electron chi connectivity index (χ0n) is 15.5. The van der Waals surface area contributed by atoms with Gasteiger partial charge in [0.05, 0.1) is 17.4 Å². The van der Waals surface area contributed by atoms with E-state index in [0.29, 0.717) is 11.6 Å². The Morgan fingerprint density at radius 1 is 1.21 bits per heavy atom. The highest BCUT2D eigenvalue weighted by molar-refractivity contribution is 5.90. The number of hydrogen-bond acceptors (Lipinski definition) is 5. The third-order valence-electron chi connectivity index (χ3n) is 5.98. The predicted molar refractivity (Wildman–Crippen MR) is 106 cm³/mol. The molecule has 6 rings (SSSR count). The van der Waals surface area contributed by atoms with E-state index >= 15 is 0 Å². The molecule has 8 heteroatoms. The fourth-order valence-corrected chi connectivity index (χ4v) is 4.69. The SMILES string of the molecule is C=C1[C@H]2CC[C@@H]1n1c2nc(-c2ccccn2)c1-c1ccn2c(C(N)=O)nnc2c1. The number of imidazole rings is 1. The number of primary amides is 1. The zero-order chi connectivity index (χ0) is 19.7. The highest BCUT2D eigenvalue weighted by atomic mass is 16.1. The van der Waals surface area contributed by atoms with Gasteiger partial charge in [0.2, 0.25) is 5.82 Å². The van der Waals surface area contributed by atoms with Gasteiger partial charge in [-0.3, -0.25) is 14.2 Å². The Morgan fingerprint density at radius 3 is 2.90 bits per heavy atom. The fraction of sp³-hybridized carbons (Fsp3) is 0.190. The number of allylic oxidation sites excluding steroid dienone is 1. The maximum absolute atomic E-state index is 11.6. The van der Waals surface area contributed by atoms with Crippen LogP contribution in [-0.2, 0) is 0 Å². The molecule has 0 aromatic carbocycles. The molecule has 1 fully saturated rings. The Bertz CT molecular complexity index is 1320. The maximum atomic E-state index is 11.6. The molecule has 1 amide bonds. The van der Waals surface area contributed by atoms with Crippen LogP contribution in [0.15, 0.2) is 54.9 Å². The lowest BCUT2D eigenvalue weighted by Crippen LogP contribution is -2.15. The predicted octanol–water partition coefficient (Wildman–Crippen LogP) is 2.74. The standard InChI is InChI=1S/C21H17N7O/c1-11-13-5-6-15(11)28-18(17(24-20(13)28)14-4-2-3-8-23-14)12-7-9-27-16(10-12)25-26-21(27)19(22)29/h2-4,7-10,13,15H,1,5-6H2,(H2,22,29)/t13-,15+/m1/s1. The smallest absolute Gasteiger partial charge is 0.287 e. The monoisotopic (exact) mass is 383 g/mol. The van der Waals surface area contributed by atoms with E-state index < -0.39 is 5.91 Å². The van der Waals surface area contributed by atoms with Gasteiger partial charge in [0.25, 0.3) is 5.91 Å². The first kappa shape index (κ1) is 16.2. The van der Waals surface area contributed by atoms with E-state index in [1.807, 2.05) is 30.3 Å². The summed E-state index contributed by atoms with van der Waals surface area (Å²) in [4.78, 5) is 21.1. The molecular formula is C21H17N7O. The third kappa shape index (κ3) is 2.11. The van der Waals surface area contributed by atoms with Gasteiger partial charge in [0.15, 0.2) is 5.65 Å². The number of hydrogen-bond donors (Lipinski definition) is 1. The molecule has 8 nitrogen and oxygen atoms in total. The van der Waals surface area contributed by atoms with Crippen LogP contribution in [0.1, 0.15) is 41.2 Å². The Hall–Kier alpha value is -3.81. The van der Waals surface area contributed by atoms with Gasteiger partial charge < -0.3 is 10.3 Å². The van der Waals surface area contributed by atoms with E-state index in [2.05, 4.69) is 26.3 Å². The highest BCUT2D eigenvalue weighted by Crippen LogP contribution is 2.55. The summed E-state index contributed by atoms with van der Waals surface area (Å²) in [7, 11) is 0. The number of amides is 1. The molecule has 1 aliphatic carbocycles. The molecule has 2 bridgehead atoms. The number of pyridine rings is 2. The number of rotatable bonds is 3.